The summed E-state index contributed by atoms with van der Waals surface area (Å²) in [5.74, 6) is 0.592. The molecule has 96 valence electrons. The molecule has 5 nitrogen and oxygen atoms in total. The van der Waals surface area contributed by atoms with Crippen LogP contribution in [-0.2, 0) is 4.74 Å². The van der Waals surface area contributed by atoms with Crippen LogP contribution in [0.15, 0.2) is 0 Å². The molecule has 1 fully saturated rings. The van der Waals surface area contributed by atoms with E-state index in [9.17, 15) is 5.11 Å². The van der Waals surface area contributed by atoms with E-state index in [1.54, 1.807) is 0 Å². The van der Waals surface area contributed by atoms with Crippen molar-refractivity contribution < 1.29 is 9.84 Å². The van der Waals surface area contributed by atoms with E-state index in [0.29, 0.717) is 12.4 Å². The van der Waals surface area contributed by atoms with Gasteiger partial charge in [-0.3, -0.25) is 0 Å². The van der Waals surface area contributed by atoms with Crippen molar-refractivity contribution in [1.29, 1.82) is 0 Å². The Morgan fingerprint density at radius 2 is 2.35 bits per heavy atom. The van der Waals surface area contributed by atoms with Gasteiger partial charge in [-0.15, -0.1) is 0 Å². The number of nitrogens with zero attached hydrogens (tertiary/aromatic N) is 2. The van der Waals surface area contributed by atoms with Crippen LogP contribution in [0.2, 0.25) is 0 Å². The lowest BCUT2D eigenvalue weighted by Crippen LogP contribution is -2.54. The number of anilines is 2. The van der Waals surface area contributed by atoms with Crippen LogP contribution < -0.4 is 10.6 Å². The summed E-state index contributed by atoms with van der Waals surface area (Å²) in [4.78, 5) is 2.20. The maximum absolute atomic E-state index is 9.27. The number of nitrogen functional groups attached to an aromatic ring is 1. The van der Waals surface area contributed by atoms with Crippen molar-refractivity contribution in [3.8, 4) is 0 Å². The first-order chi connectivity index (χ1) is 7.93. The molecule has 1 aliphatic rings. The molecule has 1 saturated heterocycles. The third-order valence-corrected chi connectivity index (χ3v) is 3.93. The summed E-state index contributed by atoms with van der Waals surface area (Å²) in [5.41, 5.74) is 6.52. The van der Waals surface area contributed by atoms with Crippen molar-refractivity contribution in [2.24, 2.45) is 0 Å². The van der Waals surface area contributed by atoms with Crippen molar-refractivity contribution >= 4 is 22.4 Å². The van der Waals surface area contributed by atoms with Gasteiger partial charge in [0.2, 0.25) is 0 Å². The van der Waals surface area contributed by atoms with Crippen LogP contribution in [0, 0.1) is 6.92 Å². The zero-order valence-electron chi connectivity index (χ0n) is 10.4. The minimum atomic E-state index is -0.267. The van der Waals surface area contributed by atoms with E-state index in [0.717, 1.165) is 17.1 Å². The van der Waals surface area contributed by atoms with Gasteiger partial charge in [0.25, 0.3) is 0 Å². The van der Waals surface area contributed by atoms with Gasteiger partial charge in [-0.25, -0.2) is 0 Å². The van der Waals surface area contributed by atoms with E-state index < -0.39 is 0 Å². The molecule has 3 N–H and O–H groups in total. The molecule has 1 unspecified atom stereocenters. The number of aliphatic hydroxyl groups excluding tert-OH is 1. The number of aliphatic hydroxyl groups is 1. The van der Waals surface area contributed by atoms with E-state index in [-0.39, 0.29) is 18.3 Å². The average Bonchev–Trinajstić information content (AvgIpc) is 2.57. The molecule has 17 heavy (non-hydrogen) atoms. The summed E-state index contributed by atoms with van der Waals surface area (Å²) >= 11 is 1.41. The van der Waals surface area contributed by atoms with Gasteiger partial charge in [0.05, 0.1) is 18.3 Å². The average molecular weight is 257 g/mol. The van der Waals surface area contributed by atoms with Crippen LogP contribution in [0.1, 0.15) is 19.4 Å². The summed E-state index contributed by atoms with van der Waals surface area (Å²) in [6, 6.07) is 0. The number of aromatic nitrogens is 1. The van der Waals surface area contributed by atoms with Crippen LogP contribution in [0.25, 0.3) is 0 Å². The van der Waals surface area contributed by atoms with Gasteiger partial charge in [-0.05, 0) is 32.3 Å². The second-order valence-electron chi connectivity index (χ2n) is 5.06. The standard InChI is InChI=1S/C11H19N3O2S/c1-7-9(12)13-17-10(7)14-4-8(5-15)16-11(2,3)6-14/h8,15H,4-6H2,1-3H3,(H2,12,13). The largest absolute Gasteiger partial charge is 0.394 e. The maximum atomic E-state index is 9.27. The number of rotatable bonds is 2. The summed E-state index contributed by atoms with van der Waals surface area (Å²) in [6.45, 7) is 7.54. The summed E-state index contributed by atoms with van der Waals surface area (Å²) in [6.07, 6.45) is -0.151. The third kappa shape index (κ3) is 2.53. The Labute approximate surface area is 105 Å². The van der Waals surface area contributed by atoms with Crippen molar-refractivity contribution in [3.63, 3.8) is 0 Å². The first-order valence-electron chi connectivity index (χ1n) is 5.68. The van der Waals surface area contributed by atoms with Gasteiger partial charge in [0.1, 0.15) is 10.8 Å². The van der Waals surface area contributed by atoms with Crippen LogP contribution >= 0.6 is 11.5 Å². The van der Waals surface area contributed by atoms with E-state index in [4.69, 9.17) is 10.5 Å². The van der Waals surface area contributed by atoms with Gasteiger partial charge in [0, 0.05) is 18.7 Å². The quantitative estimate of drug-likeness (QED) is 0.827. The smallest absolute Gasteiger partial charge is 0.142 e. The molecule has 0 aliphatic carbocycles. The van der Waals surface area contributed by atoms with Crippen molar-refractivity contribution in [2.75, 3.05) is 30.3 Å². The third-order valence-electron chi connectivity index (χ3n) is 2.91. The van der Waals surface area contributed by atoms with Crippen molar-refractivity contribution in [2.45, 2.75) is 32.5 Å². The summed E-state index contributed by atoms with van der Waals surface area (Å²) < 4.78 is 9.95. The highest BCUT2D eigenvalue weighted by atomic mass is 32.1. The molecule has 1 aliphatic heterocycles. The summed E-state index contributed by atoms with van der Waals surface area (Å²) in [7, 11) is 0. The fourth-order valence-corrected chi connectivity index (χ4v) is 3.00. The van der Waals surface area contributed by atoms with Crippen LogP contribution in [0.3, 0.4) is 0 Å². The molecular formula is C11H19N3O2S. The highest BCUT2D eigenvalue weighted by Crippen LogP contribution is 2.33. The molecule has 1 atom stereocenters. The first kappa shape index (κ1) is 12.6. The van der Waals surface area contributed by atoms with Gasteiger partial charge < -0.3 is 20.5 Å². The number of ether oxygens (including phenoxy) is 1. The maximum Gasteiger partial charge on any atom is 0.142 e. The zero-order valence-corrected chi connectivity index (χ0v) is 11.3. The predicted molar refractivity (Wildman–Crippen MR) is 69.5 cm³/mol. The second kappa shape index (κ2) is 4.44. The molecule has 1 aromatic heterocycles. The minimum absolute atomic E-state index is 0.0350. The van der Waals surface area contributed by atoms with E-state index in [2.05, 4.69) is 9.27 Å². The van der Waals surface area contributed by atoms with Gasteiger partial charge in [-0.1, -0.05) is 0 Å². The molecule has 1 aromatic rings. The fourth-order valence-electron chi connectivity index (χ4n) is 2.18. The normalized spacial score (nSPS) is 24.0. The SMILES string of the molecule is Cc1c(N)nsc1N1CC(CO)OC(C)(C)C1. The molecule has 0 aromatic carbocycles. The number of hydrogen-bond acceptors (Lipinski definition) is 6. The molecular weight excluding hydrogens is 238 g/mol. The minimum Gasteiger partial charge on any atom is -0.394 e. The Morgan fingerprint density at radius 1 is 1.65 bits per heavy atom. The Hall–Kier alpha value is -0.850. The van der Waals surface area contributed by atoms with Crippen LogP contribution in [0.5, 0.6) is 0 Å². The molecule has 0 amide bonds. The highest BCUT2D eigenvalue weighted by Gasteiger charge is 2.34. The van der Waals surface area contributed by atoms with E-state index in [1.807, 2.05) is 20.8 Å². The van der Waals surface area contributed by atoms with Crippen molar-refractivity contribution in [1.82, 2.24) is 4.37 Å². The zero-order chi connectivity index (χ0) is 12.6. The molecule has 0 spiro atoms. The molecule has 0 saturated carbocycles. The first-order valence-corrected chi connectivity index (χ1v) is 6.45. The predicted octanol–water partition coefficient (Wildman–Crippen LogP) is 1.01. The molecule has 2 rings (SSSR count). The number of morpholine rings is 1. The number of hydrogen-bond donors (Lipinski definition) is 2. The van der Waals surface area contributed by atoms with Gasteiger partial charge >= 0.3 is 0 Å². The molecule has 0 bridgehead atoms. The Kier molecular flexibility index (Phi) is 3.29. The van der Waals surface area contributed by atoms with E-state index >= 15 is 0 Å². The van der Waals surface area contributed by atoms with Crippen molar-refractivity contribution in [3.05, 3.63) is 5.56 Å². The molecule has 0 radical (unpaired) electrons. The summed E-state index contributed by atoms with van der Waals surface area (Å²) in [5, 5.41) is 10.4. The lowest BCUT2D eigenvalue weighted by Gasteiger charge is -2.42. The van der Waals surface area contributed by atoms with Gasteiger partial charge in [-0.2, -0.15) is 4.37 Å². The number of nitrogens with two attached hydrogens (primary N) is 1. The highest BCUT2D eigenvalue weighted by molar-refractivity contribution is 7.10. The van der Waals surface area contributed by atoms with Gasteiger partial charge in [0.15, 0.2) is 0 Å². The lowest BCUT2D eigenvalue weighted by atomic mass is 10.1. The van der Waals surface area contributed by atoms with Crippen LogP contribution in [0.4, 0.5) is 10.8 Å². The lowest BCUT2D eigenvalue weighted by molar-refractivity contribution is -0.100. The topological polar surface area (TPSA) is 71.6 Å². The molecule has 2 heterocycles. The molecule has 6 heteroatoms. The fraction of sp³-hybridized carbons (Fsp3) is 0.727. The van der Waals surface area contributed by atoms with Crippen LogP contribution in [-0.4, -0.2) is 40.9 Å². The Morgan fingerprint density at radius 3 is 2.88 bits per heavy atom. The van der Waals surface area contributed by atoms with E-state index in [1.165, 1.54) is 11.5 Å². The Bertz CT molecular complexity index is 405. The monoisotopic (exact) mass is 257 g/mol. The Balaban J connectivity index is 2.23. The second-order valence-corrected chi connectivity index (χ2v) is 5.81.